The number of rotatable bonds is 6. The SMILES string of the molecule is Cc1ccc(S(=O)(=O)N(C)CC(=O)NNC(=O)c2nnn(-c3cccc(Cl)c3)c2C)cc1. The van der Waals surface area contributed by atoms with Gasteiger partial charge in [0, 0.05) is 12.1 Å². The fourth-order valence-electron chi connectivity index (χ4n) is 2.79. The van der Waals surface area contributed by atoms with Crippen LogP contribution in [0.2, 0.25) is 5.02 Å². The molecule has 12 heteroatoms. The smallest absolute Gasteiger partial charge is 0.272 e. The van der Waals surface area contributed by atoms with E-state index < -0.39 is 28.4 Å². The number of aryl methyl sites for hydroxylation is 1. The number of nitrogens with one attached hydrogen (secondary N) is 2. The summed E-state index contributed by atoms with van der Waals surface area (Å²) in [6.45, 7) is 2.98. The summed E-state index contributed by atoms with van der Waals surface area (Å²) in [5, 5.41) is 8.29. The van der Waals surface area contributed by atoms with Gasteiger partial charge >= 0.3 is 0 Å². The van der Waals surface area contributed by atoms with E-state index in [9.17, 15) is 18.0 Å². The Balaban J connectivity index is 1.61. The van der Waals surface area contributed by atoms with Crippen LogP contribution in [0, 0.1) is 13.8 Å². The third kappa shape index (κ3) is 5.13. The predicted molar refractivity (Wildman–Crippen MR) is 118 cm³/mol. The number of hydrogen-bond acceptors (Lipinski definition) is 6. The van der Waals surface area contributed by atoms with Gasteiger partial charge in [-0.05, 0) is 44.2 Å². The van der Waals surface area contributed by atoms with Gasteiger partial charge in [0.15, 0.2) is 5.69 Å². The summed E-state index contributed by atoms with van der Waals surface area (Å²) in [6, 6.07) is 13.1. The van der Waals surface area contributed by atoms with Gasteiger partial charge in [-0.1, -0.05) is 40.6 Å². The molecular weight excluding hydrogens is 456 g/mol. The van der Waals surface area contributed by atoms with Gasteiger partial charge < -0.3 is 0 Å². The highest BCUT2D eigenvalue weighted by Crippen LogP contribution is 2.17. The van der Waals surface area contributed by atoms with Crippen LogP contribution >= 0.6 is 11.6 Å². The minimum absolute atomic E-state index is 0.00842. The maximum Gasteiger partial charge on any atom is 0.292 e. The van der Waals surface area contributed by atoms with Gasteiger partial charge in [-0.2, -0.15) is 4.31 Å². The lowest BCUT2D eigenvalue weighted by Crippen LogP contribution is -2.47. The molecule has 0 spiro atoms. The fraction of sp³-hybridized carbons (Fsp3) is 0.200. The summed E-state index contributed by atoms with van der Waals surface area (Å²) in [5.74, 6) is -1.43. The van der Waals surface area contributed by atoms with Crippen molar-refractivity contribution in [3.8, 4) is 5.69 Å². The number of likely N-dealkylation sites (N-methyl/N-ethyl adjacent to an activating group) is 1. The summed E-state index contributed by atoms with van der Waals surface area (Å²) in [7, 11) is -2.58. The molecule has 168 valence electrons. The number of aromatic nitrogens is 3. The molecule has 0 aliphatic heterocycles. The minimum Gasteiger partial charge on any atom is -0.272 e. The number of amides is 2. The van der Waals surface area contributed by atoms with Crippen LogP contribution in [-0.4, -0.2) is 53.1 Å². The van der Waals surface area contributed by atoms with Gasteiger partial charge in [-0.25, -0.2) is 13.1 Å². The second-order valence-corrected chi connectivity index (χ2v) is 9.47. The highest BCUT2D eigenvalue weighted by molar-refractivity contribution is 7.89. The Morgan fingerprint density at radius 1 is 1.09 bits per heavy atom. The largest absolute Gasteiger partial charge is 0.292 e. The van der Waals surface area contributed by atoms with Crippen LogP contribution in [0.1, 0.15) is 21.7 Å². The number of nitrogens with zero attached hydrogens (tertiary/aromatic N) is 4. The van der Waals surface area contributed by atoms with Crippen molar-refractivity contribution in [3.63, 3.8) is 0 Å². The van der Waals surface area contributed by atoms with Crippen LogP contribution in [0.5, 0.6) is 0 Å². The molecule has 0 aliphatic carbocycles. The van der Waals surface area contributed by atoms with Crippen molar-refractivity contribution in [2.45, 2.75) is 18.7 Å². The molecule has 2 N–H and O–H groups in total. The molecule has 0 aliphatic rings. The van der Waals surface area contributed by atoms with Crippen molar-refractivity contribution in [2.75, 3.05) is 13.6 Å². The highest BCUT2D eigenvalue weighted by atomic mass is 35.5. The lowest BCUT2D eigenvalue weighted by molar-refractivity contribution is -0.121. The van der Waals surface area contributed by atoms with Crippen molar-refractivity contribution in [1.82, 2.24) is 30.2 Å². The molecule has 2 aromatic carbocycles. The van der Waals surface area contributed by atoms with E-state index in [4.69, 9.17) is 11.6 Å². The Morgan fingerprint density at radius 3 is 2.44 bits per heavy atom. The number of benzene rings is 2. The number of halogens is 1. The molecule has 0 atom stereocenters. The van der Waals surface area contributed by atoms with Crippen molar-refractivity contribution < 1.29 is 18.0 Å². The molecule has 1 heterocycles. The zero-order valence-corrected chi connectivity index (χ0v) is 19.1. The topological polar surface area (TPSA) is 126 Å². The number of sulfonamides is 1. The Hall–Kier alpha value is -3.28. The van der Waals surface area contributed by atoms with E-state index in [0.717, 1.165) is 9.87 Å². The number of carbonyl (C=O) groups excluding carboxylic acids is 2. The predicted octanol–water partition coefficient (Wildman–Crippen LogP) is 1.62. The molecule has 0 unspecified atom stereocenters. The normalized spacial score (nSPS) is 11.4. The van der Waals surface area contributed by atoms with Crippen LogP contribution < -0.4 is 10.9 Å². The first-order chi connectivity index (χ1) is 15.1. The van der Waals surface area contributed by atoms with Gasteiger partial charge in [0.25, 0.3) is 11.8 Å². The van der Waals surface area contributed by atoms with Gasteiger partial charge in [0.1, 0.15) is 0 Å². The summed E-state index contributed by atoms with van der Waals surface area (Å²) >= 11 is 5.99. The summed E-state index contributed by atoms with van der Waals surface area (Å²) < 4.78 is 27.5. The Morgan fingerprint density at radius 2 is 1.78 bits per heavy atom. The molecule has 2 amide bonds. The second-order valence-electron chi connectivity index (χ2n) is 6.99. The van der Waals surface area contributed by atoms with Crippen LogP contribution in [0.25, 0.3) is 5.69 Å². The number of hydrazine groups is 1. The average molecular weight is 477 g/mol. The van der Waals surface area contributed by atoms with E-state index in [2.05, 4.69) is 21.2 Å². The van der Waals surface area contributed by atoms with Crippen LogP contribution in [0.15, 0.2) is 53.4 Å². The van der Waals surface area contributed by atoms with Gasteiger partial charge in [0.05, 0.1) is 22.8 Å². The van der Waals surface area contributed by atoms with Crippen LogP contribution in [-0.2, 0) is 14.8 Å². The van der Waals surface area contributed by atoms with Crippen LogP contribution in [0.4, 0.5) is 0 Å². The Bertz CT molecular complexity index is 1260. The van der Waals surface area contributed by atoms with E-state index in [0.29, 0.717) is 16.4 Å². The first-order valence-corrected chi connectivity index (χ1v) is 11.2. The van der Waals surface area contributed by atoms with E-state index in [-0.39, 0.29) is 10.6 Å². The van der Waals surface area contributed by atoms with Crippen molar-refractivity contribution in [1.29, 1.82) is 0 Å². The third-order valence-electron chi connectivity index (χ3n) is 4.57. The molecule has 0 saturated carbocycles. The lowest BCUT2D eigenvalue weighted by atomic mass is 10.2. The molecule has 3 rings (SSSR count). The van der Waals surface area contributed by atoms with E-state index >= 15 is 0 Å². The second kappa shape index (κ2) is 9.47. The average Bonchev–Trinajstić information content (AvgIpc) is 3.13. The van der Waals surface area contributed by atoms with Gasteiger partial charge in [0.2, 0.25) is 10.0 Å². The summed E-state index contributed by atoms with van der Waals surface area (Å²) in [4.78, 5) is 24.7. The number of hydrogen-bond donors (Lipinski definition) is 2. The third-order valence-corrected chi connectivity index (χ3v) is 6.63. The van der Waals surface area contributed by atoms with E-state index in [1.807, 2.05) is 6.92 Å². The standard InChI is InChI=1S/C20H21ClN6O4S/c1-13-7-9-17(10-8-13)32(30,31)26(3)12-18(28)22-24-20(29)19-14(2)27(25-23-19)16-6-4-5-15(21)11-16/h4-11H,12H2,1-3H3,(H,22,28)(H,24,29). The van der Waals surface area contributed by atoms with Crippen molar-refractivity contribution in [2.24, 2.45) is 0 Å². The molecule has 0 radical (unpaired) electrons. The first-order valence-electron chi connectivity index (χ1n) is 9.40. The van der Waals surface area contributed by atoms with Gasteiger partial charge in [-0.15, -0.1) is 5.10 Å². The number of carbonyl (C=O) groups is 2. The Kier molecular flexibility index (Phi) is 6.92. The molecule has 0 saturated heterocycles. The maximum atomic E-state index is 12.6. The van der Waals surface area contributed by atoms with E-state index in [1.54, 1.807) is 43.3 Å². The Labute approximate surface area is 190 Å². The highest BCUT2D eigenvalue weighted by Gasteiger charge is 2.24. The lowest BCUT2D eigenvalue weighted by Gasteiger charge is -2.17. The molecule has 3 aromatic rings. The summed E-state index contributed by atoms with van der Waals surface area (Å²) in [5.41, 5.74) is 6.36. The monoisotopic (exact) mass is 476 g/mol. The van der Waals surface area contributed by atoms with Crippen molar-refractivity contribution in [3.05, 3.63) is 70.5 Å². The zero-order chi connectivity index (χ0) is 23.5. The molecule has 0 fully saturated rings. The van der Waals surface area contributed by atoms with E-state index in [1.165, 1.54) is 23.9 Å². The van der Waals surface area contributed by atoms with Crippen LogP contribution in [0.3, 0.4) is 0 Å². The first kappa shape index (κ1) is 23.4. The molecule has 10 nitrogen and oxygen atoms in total. The maximum absolute atomic E-state index is 12.6. The quantitative estimate of drug-likeness (QED) is 0.520. The zero-order valence-electron chi connectivity index (χ0n) is 17.5. The van der Waals surface area contributed by atoms with Gasteiger partial charge in [-0.3, -0.25) is 20.4 Å². The van der Waals surface area contributed by atoms with Crippen molar-refractivity contribution >= 4 is 33.4 Å². The summed E-state index contributed by atoms with van der Waals surface area (Å²) in [6.07, 6.45) is 0. The molecular formula is C20H21ClN6O4S. The molecule has 0 bridgehead atoms. The molecule has 1 aromatic heterocycles. The fourth-order valence-corrected chi connectivity index (χ4v) is 4.11. The minimum atomic E-state index is -3.86. The molecule has 32 heavy (non-hydrogen) atoms.